The van der Waals surface area contributed by atoms with Crippen molar-refractivity contribution < 1.29 is 14.3 Å². The molecule has 0 aliphatic carbocycles. The van der Waals surface area contributed by atoms with Gasteiger partial charge in [0.1, 0.15) is 12.4 Å². The van der Waals surface area contributed by atoms with Crippen LogP contribution in [-0.4, -0.2) is 56.7 Å². The molecule has 1 fully saturated rings. The topological polar surface area (TPSA) is 63.2 Å². The molecule has 1 aliphatic heterocycles. The van der Waals surface area contributed by atoms with Crippen molar-refractivity contribution in [3.8, 4) is 5.75 Å². The minimum Gasteiger partial charge on any atom is -0.491 e. The molecule has 0 aromatic heterocycles. The number of nitrogens with one attached hydrogen (secondary N) is 1. The van der Waals surface area contributed by atoms with E-state index in [0.717, 1.165) is 43.0 Å². The molecule has 1 N–H and O–H groups in total. The maximum atomic E-state index is 11.9. The van der Waals surface area contributed by atoms with Gasteiger partial charge in [-0.2, -0.15) is 0 Å². The SMILES string of the molecule is CCOC(=O)C1CCN(C(=NC)NCCOc2cccc3ccccc23)CC1.I. The van der Waals surface area contributed by atoms with E-state index in [2.05, 4.69) is 33.4 Å². The number of aliphatic imine (C=N–C) groups is 1. The summed E-state index contributed by atoms with van der Waals surface area (Å²) in [5.41, 5.74) is 0. The molecule has 1 heterocycles. The third-order valence-corrected chi connectivity index (χ3v) is 5.02. The number of rotatable bonds is 6. The number of esters is 1. The van der Waals surface area contributed by atoms with Crippen LogP contribution >= 0.6 is 24.0 Å². The summed E-state index contributed by atoms with van der Waals surface area (Å²) in [6.07, 6.45) is 1.60. The van der Waals surface area contributed by atoms with Gasteiger partial charge in [-0.3, -0.25) is 9.79 Å². The van der Waals surface area contributed by atoms with Gasteiger partial charge in [-0.25, -0.2) is 0 Å². The number of piperidine rings is 1. The Morgan fingerprint density at radius 2 is 1.90 bits per heavy atom. The van der Waals surface area contributed by atoms with Crippen molar-refractivity contribution >= 4 is 46.7 Å². The van der Waals surface area contributed by atoms with Crippen LogP contribution in [0.1, 0.15) is 19.8 Å². The van der Waals surface area contributed by atoms with Gasteiger partial charge in [-0.1, -0.05) is 36.4 Å². The number of carbonyl (C=O) groups is 1. The zero-order valence-corrected chi connectivity index (χ0v) is 19.4. The number of fused-ring (bicyclic) bond motifs is 1. The number of carbonyl (C=O) groups excluding carboxylic acids is 1. The van der Waals surface area contributed by atoms with E-state index < -0.39 is 0 Å². The Morgan fingerprint density at radius 1 is 1.17 bits per heavy atom. The van der Waals surface area contributed by atoms with E-state index in [-0.39, 0.29) is 35.9 Å². The fourth-order valence-corrected chi connectivity index (χ4v) is 3.56. The monoisotopic (exact) mass is 511 g/mol. The van der Waals surface area contributed by atoms with Crippen LogP contribution < -0.4 is 10.1 Å². The lowest BCUT2D eigenvalue weighted by molar-refractivity contribution is -0.149. The van der Waals surface area contributed by atoms with E-state index >= 15 is 0 Å². The number of ether oxygens (including phenoxy) is 2. The number of guanidine groups is 1. The Bertz CT molecular complexity index is 815. The summed E-state index contributed by atoms with van der Waals surface area (Å²) in [5.74, 6) is 1.67. The number of nitrogens with zero attached hydrogens (tertiary/aromatic N) is 2. The van der Waals surface area contributed by atoms with Crippen molar-refractivity contribution in [2.45, 2.75) is 19.8 Å². The van der Waals surface area contributed by atoms with E-state index in [1.165, 1.54) is 5.39 Å². The van der Waals surface area contributed by atoms with Gasteiger partial charge in [-0.05, 0) is 31.2 Å². The lowest BCUT2D eigenvalue weighted by Crippen LogP contribution is -2.47. The second-order valence-electron chi connectivity index (χ2n) is 6.81. The van der Waals surface area contributed by atoms with Gasteiger partial charge in [0, 0.05) is 25.5 Å². The fourth-order valence-electron chi connectivity index (χ4n) is 3.56. The number of hydrogen-bond acceptors (Lipinski definition) is 4. The highest BCUT2D eigenvalue weighted by molar-refractivity contribution is 14.0. The molecule has 1 saturated heterocycles. The molecular weight excluding hydrogens is 481 g/mol. The molecule has 2 aromatic carbocycles. The van der Waals surface area contributed by atoms with Gasteiger partial charge in [0.05, 0.1) is 19.1 Å². The molecule has 3 rings (SSSR count). The first-order chi connectivity index (χ1) is 13.7. The zero-order chi connectivity index (χ0) is 19.8. The third-order valence-electron chi connectivity index (χ3n) is 5.02. The Morgan fingerprint density at radius 3 is 2.62 bits per heavy atom. The first-order valence-electron chi connectivity index (χ1n) is 9.95. The highest BCUT2D eigenvalue weighted by Gasteiger charge is 2.27. The molecule has 0 bridgehead atoms. The summed E-state index contributed by atoms with van der Waals surface area (Å²) in [6.45, 7) is 5.10. The normalized spacial score (nSPS) is 15.0. The van der Waals surface area contributed by atoms with Crippen molar-refractivity contribution in [3.63, 3.8) is 0 Å². The highest BCUT2D eigenvalue weighted by Crippen LogP contribution is 2.25. The molecule has 29 heavy (non-hydrogen) atoms. The van der Waals surface area contributed by atoms with Gasteiger partial charge < -0.3 is 19.7 Å². The smallest absolute Gasteiger partial charge is 0.309 e. The second-order valence-corrected chi connectivity index (χ2v) is 6.81. The first kappa shape index (κ1) is 23.3. The van der Waals surface area contributed by atoms with Gasteiger partial charge >= 0.3 is 5.97 Å². The summed E-state index contributed by atoms with van der Waals surface area (Å²) < 4.78 is 11.1. The molecule has 1 aliphatic rings. The summed E-state index contributed by atoms with van der Waals surface area (Å²) >= 11 is 0. The standard InChI is InChI=1S/C22H29N3O3.HI/c1-3-27-21(26)18-11-14-25(15-12-18)22(23-2)24-13-16-28-20-10-6-8-17-7-4-5-9-19(17)20;/h4-10,18H,3,11-16H2,1-2H3,(H,23,24);1H. The molecule has 0 saturated carbocycles. The third kappa shape index (κ3) is 6.22. The van der Waals surface area contributed by atoms with E-state index in [1.807, 2.05) is 31.2 Å². The molecule has 0 atom stereocenters. The second kappa shape index (κ2) is 11.8. The Kier molecular flexibility index (Phi) is 9.50. The van der Waals surface area contributed by atoms with Crippen molar-refractivity contribution in [2.75, 3.05) is 39.9 Å². The zero-order valence-electron chi connectivity index (χ0n) is 17.1. The van der Waals surface area contributed by atoms with E-state index in [4.69, 9.17) is 9.47 Å². The van der Waals surface area contributed by atoms with Crippen LogP contribution in [0, 0.1) is 5.92 Å². The van der Waals surface area contributed by atoms with E-state index in [0.29, 0.717) is 19.8 Å². The maximum Gasteiger partial charge on any atom is 0.309 e. The lowest BCUT2D eigenvalue weighted by atomic mass is 9.97. The lowest BCUT2D eigenvalue weighted by Gasteiger charge is -2.33. The van der Waals surface area contributed by atoms with Crippen LogP contribution in [0.15, 0.2) is 47.5 Å². The Balaban J connectivity index is 0.00000300. The quantitative estimate of drug-likeness (QED) is 0.211. The van der Waals surface area contributed by atoms with Gasteiger partial charge in [0.25, 0.3) is 0 Å². The predicted molar refractivity (Wildman–Crippen MR) is 127 cm³/mol. The molecule has 0 amide bonds. The summed E-state index contributed by atoms with van der Waals surface area (Å²) in [7, 11) is 1.78. The van der Waals surface area contributed by atoms with Crippen molar-refractivity contribution in [1.29, 1.82) is 0 Å². The number of likely N-dealkylation sites (tertiary alicyclic amines) is 1. The summed E-state index contributed by atoms with van der Waals surface area (Å²) in [6, 6.07) is 14.3. The van der Waals surface area contributed by atoms with Crippen LogP contribution in [-0.2, 0) is 9.53 Å². The number of hydrogen-bond donors (Lipinski definition) is 1. The molecule has 7 heteroatoms. The largest absolute Gasteiger partial charge is 0.491 e. The number of halogens is 1. The first-order valence-corrected chi connectivity index (χ1v) is 9.95. The minimum atomic E-state index is -0.0754. The molecule has 6 nitrogen and oxygen atoms in total. The van der Waals surface area contributed by atoms with Crippen LogP contribution in [0.4, 0.5) is 0 Å². The molecular formula is C22H30IN3O3. The molecule has 0 unspecified atom stereocenters. The van der Waals surface area contributed by atoms with E-state index in [9.17, 15) is 4.79 Å². The van der Waals surface area contributed by atoms with E-state index in [1.54, 1.807) is 7.05 Å². The predicted octanol–water partition coefficient (Wildman–Crippen LogP) is 3.69. The molecule has 2 aromatic rings. The van der Waals surface area contributed by atoms with Crippen LogP contribution in [0.2, 0.25) is 0 Å². The average molecular weight is 511 g/mol. The van der Waals surface area contributed by atoms with Crippen molar-refractivity contribution in [2.24, 2.45) is 10.9 Å². The molecule has 0 spiro atoms. The van der Waals surface area contributed by atoms with Gasteiger partial charge in [0.2, 0.25) is 0 Å². The highest BCUT2D eigenvalue weighted by atomic mass is 127. The van der Waals surface area contributed by atoms with Gasteiger partial charge in [0.15, 0.2) is 5.96 Å². The fraction of sp³-hybridized carbons (Fsp3) is 0.455. The van der Waals surface area contributed by atoms with Gasteiger partial charge in [-0.15, -0.1) is 24.0 Å². The Hall–Kier alpha value is -2.03. The number of benzene rings is 2. The Labute approximate surface area is 189 Å². The molecule has 0 radical (unpaired) electrons. The maximum absolute atomic E-state index is 11.9. The van der Waals surface area contributed by atoms with Crippen molar-refractivity contribution in [3.05, 3.63) is 42.5 Å². The summed E-state index contributed by atoms with van der Waals surface area (Å²) in [5, 5.41) is 5.66. The van der Waals surface area contributed by atoms with Crippen LogP contribution in [0.25, 0.3) is 10.8 Å². The summed E-state index contributed by atoms with van der Waals surface area (Å²) in [4.78, 5) is 18.4. The van der Waals surface area contributed by atoms with Crippen LogP contribution in [0.3, 0.4) is 0 Å². The minimum absolute atomic E-state index is 0. The van der Waals surface area contributed by atoms with Crippen molar-refractivity contribution in [1.82, 2.24) is 10.2 Å². The molecule has 158 valence electrons. The van der Waals surface area contributed by atoms with Crippen LogP contribution in [0.5, 0.6) is 5.75 Å². The average Bonchev–Trinajstić information content (AvgIpc) is 2.74.